The first kappa shape index (κ1) is 13.6. The van der Waals surface area contributed by atoms with Crippen molar-refractivity contribution in [1.29, 1.82) is 0 Å². The Morgan fingerprint density at radius 2 is 2.05 bits per heavy atom. The highest BCUT2D eigenvalue weighted by molar-refractivity contribution is 9.10. The SMILES string of the molecule is CCc1c(O)n(-c2ccc(C)c(Br)c2)c(=O)[nH]c1=O. The molecule has 0 radical (unpaired) electrons. The monoisotopic (exact) mass is 324 g/mol. The van der Waals surface area contributed by atoms with Crippen molar-refractivity contribution in [2.24, 2.45) is 0 Å². The van der Waals surface area contributed by atoms with Crippen molar-refractivity contribution in [3.8, 4) is 11.6 Å². The molecule has 6 heteroatoms. The maximum absolute atomic E-state index is 11.9. The molecule has 5 nitrogen and oxygen atoms in total. The van der Waals surface area contributed by atoms with E-state index in [1.54, 1.807) is 19.1 Å². The lowest BCUT2D eigenvalue weighted by Crippen LogP contribution is -2.31. The maximum atomic E-state index is 11.9. The molecule has 0 atom stereocenters. The normalized spacial score (nSPS) is 10.7. The molecular weight excluding hydrogens is 312 g/mol. The zero-order chi connectivity index (χ0) is 14.2. The van der Waals surface area contributed by atoms with E-state index in [1.165, 1.54) is 0 Å². The summed E-state index contributed by atoms with van der Waals surface area (Å²) in [6, 6.07) is 5.25. The van der Waals surface area contributed by atoms with Crippen LogP contribution in [0, 0.1) is 6.92 Å². The molecule has 0 aliphatic heterocycles. The summed E-state index contributed by atoms with van der Waals surface area (Å²) in [7, 11) is 0. The standard InChI is InChI=1S/C13H13BrN2O3/c1-3-9-11(17)15-13(19)16(12(9)18)8-5-4-7(2)10(14)6-8/h4-6,18H,3H2,1-2H3,(H,15,17,19). The van der Waals surface area contributed by atoms with Gasteiger partial charge in [-0.25, -0.2) is 9.36 Å². The van der Waals surface area contributed by atoms with Gasteiger partial charge in [0.15, 0.2) is 0 Å². The van der Waals surface area contributed by atoms with Crippen molar-refractivity contribution in [2.75, 3.05) is 0 Å². The van der Waals surface area contributed by atoms with Crippen LogP contribution in [0.2, 0.25) is 0 Å². The molecule has 0 fully saturated rings. The summed E-state index contributed by atoms with van der Waals surface area (Å²) in [6.45, 7) is 3.66. The van der Waals surface area contributed by atoms with Gasteiger partial charge in [0.2, 0.25) is 5.88 Å². The van der Waals surface area contributed by atoms with Crippen molar-refractivity contribution in [1.82, 2.24) is 9.55 Å². The van der Waals surface area contributed by atoms with Gasteiger partial charge in [-0.15, -0.1) is 0 Å². The van der Waals surface area contributed by atoms with Crippen LogP contribution < -0.4 is 11.2 Å². The number of H-pyrrole nitrogens is 1. The topological polar surface area (TPSA) is 75.1 Å². The van der Waals surface area contributed by atoms with E-state index < -0.39 is 11.2 Å². The van der Waals surface area contributed by atoms with Crippen LogP contribution in [0.3, 0.4) is 0 Å². The van der Waals surface area contributed by atoms with Crippen LogP contribution in [0.4, 0.5) is 0 Å². The molecule has 100 valence electrons. The van der Waals surface area contributed by atoms with Crippen LogP contribution in [0.1, 0.15) is 18.1 Å². The molecule has 0 saturated heterocycles. The molecule has 0 amide bonds. The van der Waals surface area contributed by atoms with Crippen LogP contribution >= 0.6 is 15.9 Å². The van der Waals surface area contributed by atoms with Crippen molar-refractivity contribution >= 4 is 15.9 Å². The van der Waals surface area contributed by atoms with E-state index in [9.17, 15) is 14.7 Å². The summed E-state index contributed by atoms with van der Waals surface area (Å²) in [5.74, 6) is -0.313. The second-order valence-electron chi connectivity index (χ2n) is 4.18. The molecule has 0 unspecified atom stereocenters. The summed E-state index contributed by atoms with van der Waals surface area (Å²) in [4.78, 5) is 25.6. The number of aryl methyl sites for hydroxylation is 1. The van der Waals surface area contributed by atoms with Gasteiger partial charge in [0, 0.05) is 4.47 Å². The predicted molar refractivity (Wildman–Crippen MR) is 76.1 cm³/mol. The van der Waals surface area contributed by atoms with Crippen LogP contribution in [0.5, 0.6) is 5.88 Å². The Morgan fingerprint density at radius 3 is 2.63 bits per heavy atom. The van der Waals surface area contributed by atoms with Gasteiger partial charge in [0.25, 0.3) is 5.56 Å². The minimum absolute atomic E-state index is 0.191. The summed E-state index contributed by atoms with van der Waals surface area (Å²) in [5.41, 5.74) is 0.488. The van der Waals surface area contributed by atoms with Crippen molar-refractivity contribution in [3.63, 3.8) is 0 Å². The summed E-state index contributed by atoms with van der Waals surface area (Å²) in [6.07, 6.45) is 0.342. The van der Waals surface area contributed by atoms with E-state index in [0.29, 0.717) is 12.1 Å². The van der Waals surface area contributed by atoms with Gasteiger partial charge in [-0.2, -0.15) is 0 Å². The fraction of sp³-hybridized carbons (Fsp3) is 0.231. The number of halogens is 1. The zero-order valence-electron chi connectivity index (χ0n) is 10.5. The molecule has 19 heavy (non-hydrogen) atoms. The largest absolute Gasteiger partial charge is 0.494 e. The highest BCUT2D eigenvalue weighted by Crippen LogP contribution is 2.22. The fourth-order valence-electron chi connectivity index (χ4n) is 1.84. The second kappa shape index (κ2) is 5.05. The Balaban J connectivity index is 2.78. The first-order chi connectivity index (χ1) is 8.95. The third kappa shape index (κ3) is 2.35. The number of nitrogens with one attached hydrogen (secondary N) is 1. The molecule has 2 aromatic rings. The Kier molecular flexibility index (Phi) is 3.61. The molecule has 1 heterocycles. The Hall–Kier alpha value is -1.82. The fourth-order valence-corrected chi connectivity index (χ4v) is 2.21. The number of aromatic nitrogens is 2. The number of hydrogen-bond acceptors (Lipinski definition) is 3. The molecule has 1 aromatic carbocycles. The van der Waals surface area contributed by atoms with Crippen LogP contribution in [0.25, 0.3) is 5.69 Å². The van der Waals surface area contributed by atoms with Gasteiger partial charge >= 0.3 is 5.69 Å². The van der Waals surface area contributed by atoms with E-state index in [0.717, 1.165) is 14.6 Å². The quantitative estimate of drug-likeness (QED) is 0.885. The molecule has 2 rings (SSSR count). The third-order valence-electron chi connectivity index (χ3n) is 2.95. The first-order valence-corrected chi connectivity index (χ1v) is 6.58. The van der Waals surface area contributed by atoms with Crippen molar-refractivity contribution < 1.29 is 5.11 Å². The summed E-state index contributed by atoms with van der Waals surface area (Å²) < 4.78 is 1.91. The molecule has 0 aliphatic carbocycles. The molecular formula is C13H13BrN2O3. The van der Waals surface area contributed by atoms with E-state index in [1.807, 2.05) is 13.0 Å². The predicted octanol–water partition coefficient (Wildman–Crippen LogP) is 1.86. The van der Waals surface area contributed by atoms with E-state index >= 15 is 0 Å². The number of rotatable bonds is 2. The van der Waals surface area contributed by atoms with E-state index in [2.05, 4.69) is 20.9 Å². The van der Waals surface area contributed by atoms with Crippen LogP contribution in [0.15, 0.2) is 32.3 Å². The zero-order valence-corrected chi connectivity index (χ0v) is 12.1. The molecule has 1 aromatic heterocycles. The van der Waals surface area contributed by atoms with Gasteiger partial charge < -0.3 is 5.11 Å². The number of hydrogen-bond donors (Lipinski definition) is 2. The van der Waals surface area contributed by atoms with Gasteiger partial charge in [0.1, 0.15) is 0 Å². The number of aromatic hydroxyl groups is 1. The maximum Gasteiger partial charge on any atom is 0.335 e. The minimum Gasteiger partial charge on any atom is -0.494 e. The highest BCUT2D eigenvalue weighted by atomic mass is 79.9. The molecule has 0 aliphatic rings. The van der Waals surface area contributed by atoms with Gasteiger partial charge in [-0.1, -0.05) is 28.9 Å². The smallest absolute Gasteiger partial charge is 0.335 e. The number of benzene rings is 1. The van der Waals surface area contributed by atoms with Crippen molar-refractivity contribution in [3.05, 3.63) is 54.6 Å². The Bertz CT molecular complexity index is 747. The average molecular weight is 325 g/mol. The number of aromatic amines is 1. The van der Waals surface area contributed by atoms with Gasteiger partial charge in [0.05, 0.1) is 11.3 Å². The van der Waals surface area contributed by atoms with E-state index in [4.69, 9.17) is 0 Å². The third-order valence-corrected chi connectivity index (χ3v) is 3.80. The van der Waals surface area contributed by atoms with Crippen LogP contribution in [-0.4, -0.2) is 14.7 Å². The lowest BCUT2D eigenvalue weighted by Gasteiger charge is -2.11. The molecule has 0 saturated carbocycles. The van der Waals surface area contributed by atoms with Crippen LogP contribution in [-0.2, 0) is 6.42 Å². The first-order valence-electron chi connectivity index (χ1n) is 5.79. The number of nitrogens with zero attached hydrogens (tertiary/aromatic N) is 1. The van der Waals surface area contributed by atoms with E-state index in [-0.39, 0.29) is 11.4 Å². The highest BCUT2D eigenvalue weighted by Gasteiger charge is 2.14. The molecule has 0 spiro atoms. The summed E-state index contributed by atoms with van der Waals surface area (Å²) >= 11 is 3.37. The molecule has 2 N–H and O–H groups in total. The lowest BCUT2D eigenvalue weighted by atomic mass is 10.2. The Morgan fingerprint density at radius 1 is 1.37 bits per heavy atom. The van der Waals surface area contributed by atoms with Gasteiger partial charge in [-0.05, 0) is 31.0 Å². The van der Waals surface area contributed by atoms with Gasteiger partial charge in [-0.3, -0.25) is 9.78 Å². The van der Waals surface area contributed by atoms with Crippen molar-refractivity contribution in [2.45, 2.75) is 20.3 Å². The second-order valence-corrected chi connectivity index (χ2v) is 5.04. The molecule has 0 bridgehead atoms. The summed E-state index contributed by atoms with van der Waals surface area (Å²) in [5, 5.41) is 10.1. The average Bonchev–Trinajstić information content (AvgIpc) is 2.33. The Labute approximate surface area is 117 Å². The minimum atomic E-state index is -0.657. The lowest BCUT2D eigenvalue weighted by molar-refractivity contribution is 0.423.